The van der Waals surface area contributed by atoms with Gasteiger partial charge in [-0.2, -0.15) is 0 Å². The number of oxazole rings is 1. The van der Waals surface area contributed by atoms with Gasteiger partial charge in [0, 0.05) is 5.56 Å². The first-order valence-corrected chi connectivity index (χ1v) is 16.7. The van der Waals surface area contributed by atoms with Crippen LogP contribution >= 0.6 is 0 Å². The first-order valence-electron chi connectivity index (χ1n) is 16.7. The maximum Gasteiger partial charge on any atom is 0.227 e. The fraction of sp³-hybridized carbons (Fsp3) is 0.222. The topological polar surface area (TPSA) is 26.0 Å². The Balaban J connectivity index is 1.51. The van der Waals surface area contributed by atoms with Crippen LogP contribution in [0.25, 0.3) is 77.1 Å². The lowest BCUT2D eigenvalue weighted by Gasteiger charge is -2.21. The number of hydrogen-bond donors (Lipinski definition) is 0. The number of benzene rings is 7. The minimum absolute atomic E-state index is 0.0276. The average Bonchev–Trinajstić information content (AvgIpc) is 3.43. The van der Waals surface area contributed by atoms with E-state index in [0.29, 0.717) is 5.89 Å². The second-order valence-electron chi connectivity index (χ2n) is 14.8. The lowest BCUT2D eigenvalue weighted by Crippen LogP contribution is -2.10. The van der Waals surface area contributed by atoms with Crippen LogP contribution in [-0.2, 0) is 5.41 Å². The van der Waals surface area contributed by atoms with E-state index in [0.717, 1.165) is 16.7 Å². The van der Waals surface area contributed by atoms with Gasteiger partial charge in [-0.25, -0.2) is 4.98 Å². The molecule has 0 aliphatic heterocycles. The Hall–Kier alpha value is -4.95. The largest absolute Gasteiger partial charge is 0.436 e. The van der Waals surface area contributed by atoms with E-state index in [4.69, 9.17) is 9.40 Å². The number of rotatable bonds is 3. The second kappa shape index (κ2) is 10.3. The normalized spacial score (nSPS) is 12.4. The molecule has 0 fully saturated rings. The first kappa shape index (κ1) is 29.5. The Morgan fingerprint density at radius 1 is 0.511 bits per heavy atom. The first-order chi connectivity index (χ1) is 22.4. The van der Waals surface area contributed by atoms with E-state index < -0.39 is 0 Å². The lowest BCUT2D eigenvalue weighted by molar-refractivity contribution is 0.590. The molecule has 8 aromatic rings. The minimum Gasteiger partial charge on any atom is -0.436 e. The van der Waals surface area contributed by atoms with Crippen LogP contribution in [0.5, 0.6) is 0 Å². The van der Waals surface area contributed by atoms with Gasteiger partial charge in [0.05, 0.1) is 0 Å². The molecule has 1 aromatic heterocycles. The molecule has 2 heteroatoms. The molecule has 0 saturated heterocycles. The van der Waals surface area contributed by atoms with Gasteiger partial charge in [0.1, 0.15) is 5.52 Å². The molecule has 2 nitrogen and oxygen atoms in total. The smallest absolute Gasteiger partial charge is 0.227 e. The van der Waals surface area contributed by atoms with Crippen molar-refractivity contribution in [1.82, 2.24) is 4.98 Å². The van der Waals surface area contributed by atoms with E-state index in [2.05, 4.69) is 147 Å². The molecular weight excluding hydrogens is 571 g/mol. The molecule has 0 aliphatic rings. The molecule has 0 atom stereocenters. The van der Waals surface area contributed by atoms with Crippen molar-refractivity contribution < 1.29 is 4.42 Å². The van der Waals surface area contributed by atoms with Crippen LogP contribution in [0.4, 0.5) is 0 Å². The van der Waals surface area contributed by atoms with Crippen LogP contribution in [-0.4, -0.2) is 4.98 Å². The van der Waals surface area contributed by atoms with Crippen molar-refractivity contribution in [2.75, 3.05) is 0 Å². The Morgan fingerprint density at radius 3 is 1.66 bits per heavy atom. The fourth-order valence-electron chi connectivity index (χ4n) is 8.22. The number of aromatic nitrogens is 1. The van der Waals surface area contributed by atoms with Crippen LogP contribution in [0, 0.1) is 41.5 Å². The van der Waals surface area contributed by atoms with Gasteiger partial charge in [-0.05, 0) is 148 Å². The van der Waals surface area contributed by atoms with Gasteiger partial charge in [-0.3, -0.25) is 0 Å². The zero-order valence-electron chi connectivity index (χ0n) is 28.9. The summed E-state index contributed by atoms with van der Waals surface area (Å²) in [5, 5.41) is 7.53. The summed E-state index contributed by atoms with van der Waals surface area (Å²) in [5.74, 6) is 0.665. The van der Waals surface area contributed by atoms with E-state index in [1.54, 1.807) is 0 Å². The van der Waals surface area contributed by atoms with Gasteiger partial charge in [-0.15, -0.1) is 0 Å². The van der Waals surface area contributed by atoms with Crippen LogP contribution in [0.2, 0.25) is 0 Å². The van der Waals surface area contributed by atoms with Gasteiger partial charge in [0.2, 0.25) is 5.89 Å². The third kappa shape index (κ3) is 4.57. The molecule has 0 unspecified atom stereocenters. The van der Waals surface area contributed by atoms with Crippen LogP contribution < -0.4 is 0 Å². The Morgan fingerprint density at radius 2 is 1.04 bits per heavy atom. The van der Waals surface area contributed by atoms with Crippen molar-refractivity contribution in [3.8, 4) is 33.7 Å². The molecular formula is C45H41NO. The summed E-state index contributed by atoms with van der Waals surface area (Å²) in [5.41, 5.74) is 16.9. The molecule has 0 spiro atoms. The molecule has 0 aliphatic carbocycles. The SMILES string of the molecule is Cc1cc(C)c(-c2ccc3ccc4c(-c5c(C)cc(C)cc5C)cc(-c5nc6cc(C(C)(C)C)ccc6o5)c5ccc2c3c54)c(C)c1. The Bertz CT molecular complexity index is 2510. The monoisotopic (exact) mass is 611 g/mol. The molecule has 0 N–H and O–H groups in total. The van der Waals surface area contributed by atoms with Gasteiger partial charge in [0.15, 0.2) is 5.58 Å². The summed E-state index contributed by atoms with van der Waals surface area (Å²) in [4.78, 5) is 5.16. The average molecular weight is 612 g/mol. The highest BCUT2D eigenvalue weighted by Gasteiger charge is 2.23. The molecule has 232 valence electrons. The zero-order valence-corrected chi connectivity index (χ0v) is 28.9. The second-order valence-corrected chi connectivity index (χ2v) is 14.8. The van der Waals surface area contributed by atoms with E-state index >= 15 is 0 Å². The fourth-order valence-corrected chi connectivity index (χ4v) is 8.22. The number of fused-ring (bicyclic) bond motifs is 1. The van der Waals surface area contributed by atoms with E-state index in [1.165, 1.54) is 93.5 Å². The van der Waals surface area contributed by atoms with E-state index in [1.807, 2.05) is 0 Å². The summed E-state index contributed by atoms with van der Waals surface area (Å²) in [6, 6.07) is 31.8. The lowest BCUT2D eigenvalue weighted by atomic mass is 9.82. The molecule has 0 amide bonds. The van der Waals surface area contributed by atoms with Crippen molar-refractivity contribution in [1.29, 1.82) is 0 Å². The van der Waals surface area contributed by atoms with Gasteiger partial charge < -0.3 is 4.42 Å². The maximum absolute atomic E-state index is 6.61. The van der Waals surface area contributed by atoms with E-state index in [-0.39, 0.29) is 5.41 Å². The van der Waals surface area contributed by atoms with Crippen LogP contribution in [0.1, 0.15) is 59.7 Å². The van der Waals surface area contributed by atoms with Crippen LogP contribution in [0.15, 0.2) is 89.3 Å². The third-order valence-electron chi connectivity index (χ3n) is 10.2. The third-order valence-corrected chi connectivity index (χ3v) is 10.2. The van der Waals surface area contributed by atoms with Crippen molar-refractivity contribution >= 4 is 43.4 Å². The Kier molecular flexibility index (Phi) is 6.44. The van der Waals surface area contributed by atoms with Gasteiger partial charge >= 0.3 is 0 Å². The predicted octanol–water partition coefficient (Wildman–Crippen LogP) is 12.9. The summed E-state index contributed by atoms with van der Waals surface area (Å²) >= 11 is 0. The van der Waals surface area contributed by atoms with Crippen molar-refractivity contribution in [3.05, 3.63) is 124 Å². The molecule has 47 heavy (non-hydrogen) atoms. The Labute approximate surface area is 277 Å². The molecule has 0 saturated carbocycles. The standard InChI is InChI=1S/C45H41NO/c1-24-18-26(3)40(27(4)19-24)32-13-10-30-11-14-34-36(41-28(5)20-25(2)21-29(41)6)23-37(35-16-15-33(32)42(30)43(34)35)44-46-38-22-31(45(7,8)9)12-17-39(38)47-44/h10-23H,1-9H3. The molecule has 0 bridgehead atoms. The molecule has 0 radical (unpaired) electrons. The molecule has 7 aromatic carbocycles. The van der Waals surface area contributed by atoms with Crippen molar-refractivity contribution in [2.24, 2.45) is 0 Å². The highest BCUT2D eigenvalue weighted by Crippen LogP contribution is 2.47. The molecule has 1 heterocycles. The summed E-state index contributed by atoms with van der Waals surface area (Å²) < 4.78 is 6.61. The summed E-state index contributed by atoms with van der Waals surface area (Å²) in [6.45, 7) is 20.0. The zero-order chi connectivity index (χ0) is 32.9. The predicted molar refractivity (Wildman–Crippen MR) is 201 cm³/mol. The quantitative estimate of drug-likeness (QED) is 0.186. The summed E-state index contributed by atoms with van der Waals surface area (Å²) in [7, 11) is 0. The van der Waals surface area contributed by atoms with Gasteiger partial charge in [0.25, 0.3) is 0 Å². The maximum atomic E-state index is 6.61. The van der Waals surface area contributed by atoms with Crippen molar-refractivity contribution in [3.63, 3.8) is 0 Å². The minimum atomic E-state index is 0.0276. The number of hydrogen-bond acceptors (Lipinski definition) is 2. The number of aryl methyl sites for hydroxylation is 6. The van der Waals surface area contributed by atoms with E-state index in [9.17, 15) is 0 Å². The van der Waals surface area contributed by atoms with Gasteiger partial charge in [-0.1, -0.05) is 98.6 Å². The molecule has 8 rings (SSSR count). The van der Waals surface area contributed by atoms with Crippen LogP contribution in [0.3, 0.4) is 0 Å². The highest BCUT2D eigenvalue weighted by atomic mass is 16.3. The summed E-state index contributed by atoms with van der Waals surface area (Å²) in [6.07, 6.45) is 0. The highest BCUT2D eigenvalue weighted by molar-refractivity contribution is 6.30. The van der Waals surface area contributed by atoms with Crippen molar-refractivity contribution in [2.45, 2.75) is 67.7 Å². The number of nitrogens with zero attached hydrogens (tertiary/aromatic N) is 1.